The molecule has 1 fully saturated rings. The minimum atomic E-state index is -0.195. The van der Waals surface area contributed by atoms with Gasteiger partial charge in [-0.3, -0.25) is 9.69 Å². The van der Waals surface area contributed by atoms with Crippen LogP contribution in [-0.2, 0) is 11.3 Å². The lowest BCUT2D eigenvalue weighted by molar-refractivity contribution is -0.131. The van der Waals surface area contributed by atoms with Crippen molar-refractivity contribution in [3.63, 3.8) is 0 Å². The Bertz CT molecular complexity index is 559. The van der Waals surface area contributed by atoms with Crippen molar-refractivity contribution in [2.75, 3.05) is 40.3 Å². The maximum absolute atomic E-state index is 13.2. The van der Waals surface area contributed by atoms with E-state index in [2.05, 4.69) is 28.5 Å². The van der Waals surface area contributed by atoms with E-state index in [1.54, 1.807) is 0 Å². The lowest BCUT2D eigenvalue weighted by atomic mass is 10.0. The molecule has 0 unspecified atom stereocenters. The summed E-state index contributed by atoms with van der Waals surface area (Å²) in [7, 11) is 4.08. The standard InChI is InChI=1S/C21H34FN3O/c1-17(2)20-16-25(21(26)7-5-12-23(3)4)14-6-13-24(20)15-18-8-10-19(22)11-9-18/h8-11,17,20H,5-7,12-16H2,1-4H3/t20-/m1/s1. The second-order valence-corrected chi connectivity index (χ2v) is 8.01. The van der Waals surface area contributed by atoms with Crippen LogP contribution in [0, 0.1) is 11.7 Å². The van der Waals surface area contributed by atoms with Crippen LogP contribution >= 0.6 is 0 Å². The summed E-state index contributed by atoms with van der Waals surface area (Å²) in [5.41, 5.74) is 1.13. The third kappa shape index (κ3) is 6.36. The van der Waals surface area contributed by atoms with Gasteiger partial charge in [0.15, 0.2) is 0 Å². The van der Waals surface area contributed by atoms with Gasteiger partial charge in [0, 0.05) is 38.6 Å². The highest BCUT2D eigenvalue weighted by Crippen LogP contribution is 2.21. The number of hydrogen-bond donors (Lipinski definition) is 0. The van der Waals surface area contributed by atoms with Crippen LogP contribution in [0.4, 0.5) is 4.39 Å². The largest absolute Gasteiger partial charge is 0.341 e. The van der Waals surface area contributed by atoms with Crippen LogP contribution in [0.25, 0.3) is 0 Å². The normalized spacial score (nSPS) is 19.2. The molecule has 4 nitrogen and oxygen atoms in total. The van der Waals surface area contributed by atoms with Crippen molar-refractivity contribution in [1.82, 2.24) is 14.7 Å². The number of rotatable bonds is 7. The molecule has 0 bridgehead atoms. The van der Waals surface area contributed by atoms with Gasteiger partial charge in [0.2, 0.25) is 5.91 Å². The average molecular weight is 364 g/mol. The van der Waals surface area contributed by atoms with E-state index < -0.39 is 0 Å². The Hall–Kier alpha value is -1.46. The van der Waals surface area contributed by atoms with Crippen LogP contribution in [-0.4, -0.2) is 66.9 Å². The topological polar surface area (TPSA) is 26.8 Å². The molecule has 0 spiro atoms. The summed E-state index contributed by atoms with van der Waals surface area (Å²) in [5, 5.41) is 0. The van der Waals surface area contributed by atoms with E-state index in [-0.39, 0.29) is 11.7 Å². The van der Waals surface area contributed by atoms with Crippen LogP contribution in [0.2, 0.25) is 0 Å². The number of halogens is 1. The van der Waals surface area contributed by atoms with Crippen LogP contribution in [0.15, 0.2) is 24.3 Å². The summed E-state index contributed by atoms with van der Waals surface area (Å²) < 4.78 is 13.2. The molecule has 0 N–H and O–H groups in total. The lowest BCUT2D eigenvalue weighted by Gasteiger charge is -2.34. The van der Waals surface area contributed by atoms with E-state index in [1.807, 2.05) is 26.2 Å². The molecule has 1 aromatic carbocycles. The van der Waals surface area contributed by atoms with Crippen LogP contribution in [0.5, 0.6) is 0 Å². The maximum atomic E-state index is 13.2. The van der Waals surface area contributed by atoms with Crippen LogP contribution < -0.4 is 0 Å². The van der Waals surface area contributed by atoms with Gasteiger partial charge in [-0.2, -0.15) is 0 Å². The number of hydrogen-bond acceptors (Lipinski definition) is 3. The quantitative estimate of drug-likeness (QED) is 0.744. The fraction of sp³-hybridized carbons (Fsp3) is 0.667. The summed E-state index contributed by atoms with van der Waals surface area (Å²) in [5.74, 6) is 0.547. The molecule has 5 heteroatoms. The number of amides is 1. The van der Waals surface area contributed by atoms with Crippen molar-refractivity contribution in [1.29, 1.82) is 0 Å². The third-order valence-corrected chi connectivity index (χ3v) is 5.17. The highest BCUT2D eigenvalue weighted by Gasteiger charge is 2.29. The zero-order chi connectivity index (χ0) is 19.1. The van der Waals surface area contributed by atoms with Crippen molar-refractivity contribution in [3.05, 3.63) is 35.6 Å². The molecule has 0 saturated carbocycles. The van der Waals surface area contributed by atoms with E-state index >= 15 is 0 Å². The lowest BCUT2D eigenvalue weighted by Crippen LogP contribution is -2.45. The molecule has 1 saturated heterocycles. The average Bonchev–Trinajstić information content (AvgIpc) is 2.79. The molecule has 1 heterocycles. The number of carbonyl (C=O) groups is 1. The minimum absolute atomic E-state index is 0.195. The molecule has 2 rings (SSSR count). The zero-order valence-corrected chi connectivity index (χ0v) is 16.7. The van der Waals surface area contributed by atoms with E-state index in [4.69, 9.17) is 0 Å². The van der Waals surface area contributed by atoms with Gasteiger partial charge in [-0.05, 0) is 57.1 Å². The van der Waals surface area contributed by atoms with Gasteiger partial charge >= 0.3 is 0 Å². The second-order valence-electron chi connectivity index (χ2n) is 8.01. The second kappa shape index (κ2) is 10.0. The van der Waals surface area contributed by atoms with Crippen molar-refractivity contribution >= 4 is 5.91 Å². The molecule has 26 heavy (non-hydrogen) atoms. The van der Waals surface area contributed by atoms with Gasteiger partial charge < -0.3 is 9.80 Å². The van der Waals surface area contributed by atoms with E-state index in [1.165, 1.54) is 12.1 Å². The molecule has 0 aliphatic carbocycles. The summed E-state index contributed by atoms with van der Waals surface area (Å²) in [6, 6.07) is 7.11. The van der Waals surface area contributed by atoms with Gasteiger partial charge in [-0.1, -0.05) is 26.0 Å². The fourth-order valence-electron chi connectivity index (χ4n) is 3.65. The third-order valence-electron chi connectivity index (χ3n) is 5.17. The van der Waals surface area contributed by atoms with Crippen molar-refractivity contribution < 1.29 is 9.18 Å². The van der Waals surface area contributed by atoms with E-state index in [0.29, 0.717) is 18.4 Å². The first-order chi connectivity index (χ1) is 12.4. The Kier molecular flexibility index (Phi) is 8.04. The van der Waals surface area contributed by atoms with Gasteiger partial charge in [0.25, 0.3) is 0 Å². The first kappa shape index (κ1) is 20.8. The Morgan fingerprint density at radius 1 is 1.23 bits per heavy atom. The Labute approximate surface area is 158 Å². The molecular weight excluding hydrogens is 329 g/mol. The minimum Gasteiger partial charge on any atom is -0.341 e. The molecule has 1 atom stereocenters. The van der Waals surface area contributed by atoms with E-state index in [0.717, 1.165) is 51.1 Å². The van der Waals surface area contributed by atoms with Crippen molar-refractivity contribution in [2.45, 2.75) is 45.7 Å². The Morgan fingerprint density at radius 3 is 2.54 bits per heavy atom. The SMILES string of the molecule is CC(C)[C@H]1CN(C(=O)CCCN(C)C)CCCN1Cc1ccc(F)cc1. The summed E-state index contributed by atoms with van der Waals surface area (Å²) in [6.07, 6.45) is 2.53. The molecule has 146 valence electrons. The molecular formula is C21H34FN3O. The molecule has 0 aromatic heterocycles. The van der Waals surface area contributed by atoms with Crippen molar-refractivity contribution in [2.24, 2.45) is 5.92 Å². The highest BCUT2D eigenvalue weighted by atomic mass is 19.1. The van der Waals surface area contributed by atoms with Gasteiger partial charge in [0.05, 0.1) is 0 Å². The zero-order valence-electron chi connectivity index (χ0n) is 16.7. The summed E-state index contributed by atoms with van der Waals surface area (Å²) in [4.78, 5) is 19.3. The first-order valence-electron chi connectivity index (χ1n) is 9.78. The van der Waals surface area contributed by atoms with Crippen LogP contribution in [0.1, 0.15) is 38.7 Å². The van der Waals surface area contributed by atoms with Gasteiger partial charge in [0.1, 0.15) is 5.82 Å². The monoisotopic (exact) mass is 363 g/mol. The van der Waals surface area contributed by atoms with Crippen molar-refractivity contribution in [3.8, 4) is 0 Å². The molecule has 1 aliphatic heterocycles. The van der Waals surface area contributed by atoms with Crippen LogP contribution in [0.3, 0.4) is 0 Å². The molecule has 1 amide bonds. The maximum Gasteiger partial charge on any atom is 0.222 e. The molecule has 1 aliphatic rings. The molecule has 0 radical (unpaired) electrons. The Morgan fingerprint density at radius 2 is 1.92 bits per heavy atom. The smallest absolute Gasteiger partial charge is 0.222 e. The van der Waals surface area contributed by atoms with Gasteiger partial charge in [-0.15, -0.1) is 0 Å². The fourth-order valence-corrected chi connectivity index (χ4v) is 3.65. The summed E-state index contributed by atoms with van der Waals surface area (Å²) >= 11 is 0. The predicted molar refractivity (Wildman–Crippen MR) is 104 cm³/mol. The predicted octanol–water partition coefficient (Wildman–Crippen LogP) is 3.23. The van der Waals surface area contributed by atoms with Gasteiger partial charge in [-0.25, -0.2) is 4.39 Å². The number of carbonyl (C=O) groups excluding carboxylic acids is 1. The summed E-state index contributed by atoms with van der Waals surface area (Å²) in [6.45, 7) is 8.81. The Balaban J connectivity index is 1.99. The first-order valence-corrected chi connectivity index (χ1v) is 9.78. The molecule has 1 aromatic rings. The van der Waals surface area contributed by atoms with E-state index in [9.17, 15) is 9.18 Å². The number of nitrogens with zero attached hydrogens (tertiary/aromatic N) is 3. The highest BCUT2D eigenvalue weighted by molar-refractivity contribution is 5.76. The number of benzene rings is 1.